The summed E-state index contributed by atoms with van der Waals surface area (Å²) in [5.41, 5.74) is 0.481. The third-order valence-corrected chi connectivity index (χ3v) is 3.38. The molecule has 0 unspecified atom stereocenters. The second-order valence-corrected chi connectivity index (χ2v) is 6.18. The Balaban J connectivity index is 2.89. The Hall–Kier alpha value is -0.350. The maximum atomic E-state index is 12.0. The number of hydrogen-bond donors (Lipinski definition) is 1. The molecule has 0 atom stereocenters. The molecule has 0 aromatic heterocycles. The summed E-state index contributed by atoms with van der Waals surface area (Å²) in [6, 6.07) is 5.53. The van der Waals surface area contributed by atoms with E-state index in [4.69, 9.17) is 0 Å². The highest BCUT2D eigenvalue weighted by molar-refractivity contribution is 9.11. The lowest BCUT2D eigenvalue weighted by Crippen LogP contribution is -2.42. The van der Waals surface area contributed by atoms with Crippen molar-refractivity contribution in [3.05, 3.63) is 32.7 Å². The third-order valence-electron chi connectivity index (χ3n) is 2.46. The van der Waals surface area contributed by atoms with Crippen LogP contribution in [0.5, 0.6) is 0 Å². The molecule has 1 rings (SSSR count). The van der Waals surface area contributed by atoms with Crippen LogP contribution < -0.4 is 5.32 Å². The molecule has 1 amide bonds. The van der Waals surface area contributed by atoms with Crippen molar-refractivity contribution in [3.8, 4) is 0 Å². The Morgan fingerprint density at radius 1 is 1.25 bits per heavy atom. The molecule has 1 aromatic rings. The predicted molar refractivity (Wildman–Crippen MR) is 73.7 cm³/mol. The SMILES string of the molecule is CCC(C)(C)NC(=O)c1cc(Br)cc(Br)c1. The largest absolute Gasteiger partial charge is 0.347 e. The number of rotatable bonds is 3. The highest BCUT2D eigenvalue weighted by Crippen LogP contribution is 2.20. The van der Waals surface area contributed by atoms with Crippen LogP contribution in [0.1, 0.15) is 37.6 Å². The number of amides is 1. The standard InChI is InChI=1S/C12H15Br2NO/c1-4-12(2,3)15-11(16)8-5-9(13)7-10(14)6-8/h5-7H,4H2,1-3H3,(H,15,16). The minimum Gasteiger partial charge on any atom is -0.347 e. The molecule has 0 saturated heterocycles. The molecule has 0 radical (unpaired) electrons. The van der Waals surface area contributed by atoms with Crippen LogP contribution in [0, 0.1) is 0 Å². The molecule has 1 aromatic carbocycles. The number of carbonyl (C=O) groups is 1. The van der Waals surface area contributed by atoms with Gasteiger partial charge >= 0.3 is 0 Å². The van der Waals surface area contributed by atoms with Gasteiger partial charge in [-0.25, -0.2) is 0 Å². The molecule has 0 saturated carbocycles. The zero-order valence-corrected chi connectivity index (χ0v) is 12.8. The first-order chi connectivity index (χ1) is 7.34. The van der Waals surface area contributed by atoms with Crippen LogP contribution in [-0.2, 0) is 0 Å². The Bertz CT molecular complexity index is 382. The minimum atomic E-state index is -0.175. The van der Waals surface area contributed by atoms with Gasteiger partial charge in [-0.15, -0.1) is 0 Å². The van der Waals surface area contributed by atoms with Gasteiger partial charge in [0.15, 0.2) is 0 Å². The number of carbonyl (C=O) groups excluding carboxylic acids is 1. The van der Waals surface area contributed by atoms with Crippen molar-refractivity contribution in [1.29, 1.82) is 0 Å². The zero-order valence-electron chi connectivity index (χ0n) is 9.60. The zero-order chi connectivity index (χ0) is 12.3. The van der Waals surface area contributed by atoms with Crippen LogP contribution >= 0.6 is 31.9 Å². The fourth-order valence-electron chi connectivity index (χ4n) is 1.15. The Morgan fingerprint density at radius 3 is 2.19 bits per heavy atom. The highest BCUT2D eigenvalue weighted by atomic mass is 79.9. The van der Waals surface area contributed by atoms with Gasteiger partial charge in [-0.2, -0.15) is 0 Å². The van der Waals surface area contributed by atoms with Crippen molar-refractivity contribution >= 4 is 37.8 Å². The van der Waals surface area contributed by atoms with Crippen molar-refractivity contribution in [1.82, 2.24) is 5.32 Å². The molecular weight excluding hydrogens is 334 g/mol. The maximum absolute atomic E-state index is 12.0. The van der Waals surface area contributed by atoms with E-state index in [9.17, 15) is 4.79 Å². The van der Waals surface area contributed by atoms with Gasteiger partial charge in [0.25, 0.3) is 5.91 Å². The van der Waals surface area contributed by atoms with Gasteiger partial charge < -0.3 is 5.32 Å². The van der Waals surface area contributed by atoms with Crippen LogP contribution in [0.15, 0.2) is 27.1 Å². The van der Waals surface area contributed by atoms with Crippen molar-refractivity contribution in [2.75, 3.05) is 0 Å². The Labute approximate surface area is 113 Å². The van der Waals surface area contributed by atoms with Crippen LogP contribution in [-0.4, -0.2) is 11.4 Å². The molecule has 0 spiro atoms. The first-order valence-electron chi connectivity index (χ1n) is 5.12. The summed E-state index contributed by atoms with van der Waals surface area (Å²) >= 11 is 6.74. The molecular formula is C12H15Br2NO. The summed E-state index contributed by atoms with van der Waals surface area (Å²) in [5, 5.41) is 3.00. The average Bonchev–Trinajstić information content (AvgIpc) is 2.15. The van der Waals surface area contributed by atoms with E-state index in [0.29, 0.717) is 5.56 Å². The van der Waals surface area contributed by atoms with E-state index in [1.807, 2.05) is 32.0 Å². The lowest BCUT2D eigenvalue weighted by molar-refractivity contribution is 0.0911. The summed E-state index contributed by atoms with van der Waals surface area (Å²) in [4.78, 5) is 12.0. The summed E-state index contributed by atoms with van der Waals surface area (Å²) in [6.07, 6.45) is 0.897. The lowest BCUT2D eigenvalue weighted by Gasteiger charge is -2.24. The van der Waals surface area contributed by atoms with Crippen LogP contribution in [0.25, 0.3) is 0 Å². The Morgan fingerprint density at radius 2 is 1.75 bits per heavy atom. The monoisotopic (exact) mass is 347 g/mol. The second kappa shape index (κ2) is 5.32. The van der Waals surface area contributed by atoms with Gasteiger partial charge in [0.05, 0.1) is 0 Å². The van der Waals surface area contributed by atoms with E-state index in [1.54, 1.807) is 0 Å². The average molecular weight is 349 g/mol. The number of benzene rings is 1. The van der Waals surface area contributed by atoms with Crippen LogP contribution in [0.4, 0.5) is 0 Å². The van der Waals surface area contributed by atoms with Crippen LogP contribution in [0.2, 0.25) is 0 Å². The summed E-state index contributed by atoms with van der Waals surface area (Å²) in [7, 11) is 0. The quantitative estimate of drug-likeness (QED) is 0.874. The predicted octanol–water partition coefficient (Wildman–Crippen LogP) is 4.13. The number of nitrogens with one attached hydrogen (secondary N) is 1. The maximum Gasteiger partial charge on any atom is 0.251 e. The van der Waals surface area contributed by atoms with Gasteiger partial charge in [0.2, 0.25) is 0 Å². The van der Waals surface area contributed by atoms with Crippen molar-refractivity contribution in [2.45, 2.75) is 32.7 Å². The topological polar surface area (TPSA) is 29.1 Å². The first-order valence-corrected chi connectivity index (χ1v) is 6.71. The van der Waals surface area contributed by atoms with Gasteiger partial charge in [-0.1, -0.05) is 38.8 Å². The van der Waals surface area contributed by atoms with E-state index >= 15 is 0 Å². The van der Waals surface area contributed by atoms with Crippen molar-refractivity contribution in [3.63, 3.8) is 0 Å². The molecule has 0 fully saturated rings. The third kappa shape index (κ3) is 3.91. The second-order valence-electron chi connectivity index (χ2n) is 4.35. The first kappa shape index (κ1) is 13.7. The summed E-state index contributed by atoms with van der Waals surface area (Å²) < 4.78 is 1.78. The molecule has 0 aliphatic rings. The van der Waals surface area contributed by atoms with E-state index < -0.39 is 0 Å². The van der Waals surface area contributed by atoms with E-state index in [1.165, 1.54) is 0 Å². The summed E-state index contributed by atoms with van der Waals surface area (Å²) in [5.74, 6) is -0.0474. The molecule has 16 heavy (non-hydrogen) atoms. The normalized spacial score (nSPS) is 11.3. The smallest absolute Gasteiger partial charge is 0.251 e. The van der Waals surface area contributed by atoms with E-state index in [0.717, 1.165) is 15.4 Å². The van der Waals surface area contributed by atoms with Gasteiger partial charge in [0.1, 0.15) is 0 Å². The van der Waals surface area contributed by atoms with E-state index in [-0.39, 0.29) is 11.4 Å². The van der Waals surface area contributed by atoms with Gasteiger partial charge in [-0.05, 0) is 38.5 Å². The lowest BCUT2D eigenvalue weighted by atomic mass is 10.0. The molecule has 0 aliphatic carbocycles. The molecule has 0 heterocycles. The molecule has 4 heteroatoms. The van der Waals surface area contributed by atoms with Gasteiger partial charge in [-0.3, -0.25) is 4.79 Å². The fraction of sp³-hybridized carbons (Fsp3) is 0.417. The molecule has 2 nitrogen and oxygen atoms in total. The molecule has 0 aliphatic heterocycles. The summed E-state index contributed by atoms with van der Waals surface area (Å²) in [6.45, 7) is 6.08. The molecule has 88 valence electrons. The minimum absolute atomic E-state index is 0.0474. The highest BCUT2D eigenvalue weighted by Gasteiger charge is 2.19. The molecule has 0 bridgehead atoms. The van der Waals surface area contributed by atoms with E-state index in [2.05, 4.69) is 44.1 Å². The number of hydrogen-bond acceptors (Lipinski definition) is 1. The fourth-order valence-corrected chi connectivity index (χ4v) is 2.45. The van der Waals surface area contributed by atoms with Crippen molar-refractivity contribution < 1.29 is 4.79 Å². The Kier molecular flexibility index (Phi) is 4.56. The van der Waals surface area contributed by atoms with Crippen LogP contribution in [0.3, 0.4) is 0 Å². The molecule has 1 N–H and O–H groups in total. The van der Waals surface area contributed by atoms with Crippen molar-refractivity contribution in [2.24, 2.45) is 0 Å². The number of halogens is 2. The van der Waals surface area contributed by atoms with Gasteiger partial charge in [0, 0.05) is 20.0 Å².